The van der Waals surface area contributed by atoms with Crippen molar-refractivity contribution >= 4 is 29.4 Å². The van der Waals surface area contributed by atoms with Crippen LogP contribution in [-0.2, 0) is 9.47 Å². The zero-order valence-electron chi connectivity index (χ0n) is 21.2. The summed E-state index contributed by atoms with van der Waals surface area (Å²) in [6.07, 6.45) is 12.1. The first-order valence-electron chi connectivity index (χ1n) is 13.5. The van der Waals surface area contributed by atoms with Crippen LogP contribution in [0.5, 0.6) is 5.75 Å². The van der Waals surface area contributed by atoms with Gasteiger partial charge in [-0.05, 0) is 73.8 Å². The number of benzene rings is 1. The molecule has 6 rings (SSSR count). The third-order valence-corrected chi connectivity index (χ3v) is 11.4. The lowest BCUT2D eigenvalue weighted by Crippen LogP contribution is -2.56. The number of hydrogen-bond acceptors (Lipinski definition) is 5. The number of halogens is 2. The molecule has 1 saturated heterocycles. The van der Waals surface area contributed by atoms with E-state index >= 15 is 0 Å². The Morgan fingerprint density at radius 3 is 2.58 bits per heavy atom. The summed E-state index contributed by atoms with van der Waals surface area (Å²) in [5.41, 5.74) is 1.19. The minimum absolute atomic E-state index is 0.0338. The number of aromatic hydroxyl groups is 1. The molecule has 0 aromatic heterocycles. The van der Waals surface area contributed by atoms with Gasteiger partial charge in [0, 0.05) is 35.1 Å². The predicted octanol–water partition coefficient (Wildman–Crippen LogP) is 6.55. The quantitative estimate of drug-likeness (QED) is 0.341. The SMILES string of the molecule is CC12CCC3(CC1=CCC1C2CCC2(C)C1CCC2(O)CN=Cc1cc(Cl)cc(Cl)c1O)OCCO3. The van der Waals surface area contributed by atoms with Gasteiger partial charge in [-0.25, -0.2) is 0 Å². The average Bonchev–Trinajstić information content (AvgIpc) is 3.40. The highest BCUT2D eigenvalue weighted by atomic mass is 35.5. The Morgan fingerprint density at radius 2 is 1.81 bits per heavy atom. The van der Waals surface area contributed by atoms with Crippen LogP contribution in [0.4, 0.5) is 0 Å². The molecule has 0 amide bonds. The lowest BCUT2D eigenvalue weighted by molar-refractivity contribution is -0.187. The maximum Gasteiger partial charge on any atom is 0.172 e. The molecule has 0 bridgehead atoms. The number of ether oxygens (including phenoxy) is 2. The Kier molecular flexibility index (Phi) is 6.09. The molecule has 196 valence electrons. The molecular formula is C29H37Cl2NO4. The van der Waals surface area contributed by atoms with Crippen molar-refractivity contribution in [3.8, 4) is 5.75 Å². The minimum atomic E-state index is -0.857. The first-order valence-corrected chi connectivity index (χ1v) is 14.2. The number of fused-ring (bicyclic) bond motifs is 5. The Morgan fingerprint density at radius 1 is 1.06 bits per heavy atom. The van der Waals surface area contributed by atoms with Crippen molar-refractivity contribution in [3.63, 3.8) is 0 Å². The molecule has 2 N–H and O–H groups in total. The van der Waals surface area contributed by atoms with Crippen LogP contribution in [0.1, 0.15) is 70.8 Å². The van der Waals surface area contributed by atoms with E-state index in [4.69, 9.17) is 32.7 Å². The second-order valence-corrected chi connectivity index (χ2v) is 13.2. The second kappa shape index (κ2) is 8.71. The molecule has 1 aromatic rings. The van der Waals surface area contributed by atoms with Gasteiger partial charge in [-0.15, -0.1) is 0 Å². The number of nitrogens with zero attached hydrogens (tertiary/aromatic N) is 1. The topological polar surface area (TPSA) is 71.3 Å². The Balaban J connectivity index is 1.21. The fourth-order valence-electron chi connectivity index (χ4n) is 8.70. The molecule has 36 heavy (non-hydrogen) atoms. The molecule has 1 spiro atoms. The molecule has 1 aliphatic heterocycles. The highest BCUT2D eigenvalue weighted by Crippen LogP contribution is 2.68. The van der Waals surface area contributed by atoms with Crippen LogP contribution in [0, 0.1) is 28.6 Å². The summed E-state index contributed by atoms with van der Waals surface area (Å²) in [7, 11) is 0. The van der Waals surface area contributed by atoms with E-state index in [9.17, 15) is 10.2 Å². The zero-order chi connectivity index (χ0) is 25.3. The summed E-state index contributed by atoms with van der Waals surface area (Å²) in [6, 6.07) is 3.15. The van der Waals surface area contributed by atoms with Gasteiger partial charge in [0.25, 0.3) is 0 Å². The average molecular weight is 535 g/mol. The smallest absolute Gasteiger partial charge is 0.172 e. The van der Waals surface area contributed by atoms with Crippen molar-refractivity contribution in [1.82, 2.24) is 0 Å². The summed E-state index contributed by atoms with van der Waals surface area (Å²) in [6.45, 7) is 6.51. The molecular weight excluding hydrogens is 497 g/mol. The van der Waals surface area contributed by atoms with Crippen LogP contribution < -0.4 is 0 Å². The molecule has 6 atom stereocenters. The standard InChI is InChI=1S/C29H37Cl2NO4/c1-26-9-10-29(35-11-12-36-29)15-19(26)3-4-21-22(26)5-7-27(2)23(21)6-8-28(27,34)17-32-16-18-13-20(30)14-24(31)25(18)33/h3,13-14,16,21-23,33-34H,4-12,15,17H2,1-2H3. The largest absolute Gasteiger partial charge is 0.506 e. The van der Waals surface area contributed by atoms with E-state index in [1.165, 1.54) is 6.07 Å². The molecule has 1 aromatic carbocycles. The van der Waals surface area contributed by atoms with Crippen LogP contribution >= 0.6 is 23.2 Å². The zero-order valence-corrected chi connectivity index (χ0v) is 22.7. The Hall–Kier alpha value is -1.11. The van der Waals surface area contributed by atoms with Crippen molar-refractivity contribution in [1.29, 1.82) is 0 Å². The van der Waals surface area contributed by atoms with Crippen LogP contribution in [0.15, 0.2) is 28.8 Å². The van der Waals surface area contributed by atoms with E-state index in [-0.39, 0.29) is 27.4 Å². The summed E-state index contributed by atoms with van der Waals surface area (Å²) >= 11 is 12.2. The molecule has 5 nitrogen and oxygen atoms in total. The van der Waals surface area contributed by atoms with Crippen LogP contribution in [0.3, 0.4) is 0 Å². The first kappa shape index (κ1) is 25.2. The second-order valence-electron chi connectivity index (χ2n) is 12.4. The number of aliphatic hydroxyl groups is 1. The summed E-state index contributed by atoms with van der Waals surface area (Å²) in [4.78, 5) is 4.61. The van der Waals surface area contributed by atoms with Crippen molar-refractivity contribution < 1.29 is 19.7 Å². The number of phenolic OH excluding ortho intramolecular Hbond substituents is 1. The predicted molar refractivity (Wildman–Crippen MR) is 142 cm³/mol. The van der Waals surface area contributed by atoms with E-state index in [1.54, 1.807) is 17.9 Å². The van der Waals surface area contributed by atoms with E-state index in [0.29, 0.717) is 48.1 Å². The van der Waals surface area contributed by atoms with Gasteiger partial charge < -0.3 is 19.7 Å². The normalized spacial score (nSPS) is 41.2. The van der Waals surface area contributed by atoms with Gasteiger partial charge in [0.05, 0.1) is 30.4 Å². The summed E-state index contributed by atoms with van der Waals surface area (Å²) in [5.74, 6) is 1.30. The van der Waals surface area contributed by atoms with Gasteiger partial charge in [-0.3, -0.25) is 4.99 Å². The number of allylic oxidation sites excluding steroid dienone is 1. The van der Waals surface area contributed by atoms with Crippen LogP contribution in [-0.4, -0.2) is 47.6 Å². The van der Waals surface area contributed by atoms with Gasteiger partial charge in [-0.1, -0.05) is 48.7 Å². The number of hydrogen-bond donors (Lipinski definition) is 2. The molecule has 3 saturated carbocycles. The monoisotopic (exact) mass is 533 g/mol. The van der Waals surface area contributed by atoms with Gasteiger partial charge >= 0.3 is 0 Å². The lowest BCUT2D eigenvalue weighted by atomic mass is 9.46. The van der Waals surface area contributed by atoms with Gasteiger partial charge in [0.1, 0.15) is 5.75 Å². The van der Waals surface area contributed by atoms with Gasteiger partial charge in [0.2, 0.25) is 0 Å². The minimum Gasteiger partial charge on any atom is -0.506 e. The van der Waals surface area contributed by atoms with Crippen LogP contribution in [0.25, 0.3) is 0 Å². The molecule has 0 radical (unpaired) electrons. The van der Waals surface area contributed by atoms with E-state index < -0.39 is 5.60 Å². The van der Waals surface area contributed by atoms with Gasteiger partial charge in [-0.2, -0.15) is 0 Å². The number of phenols is 1. The number of rotatable bonds is 3. The third kappa shape index (κ3) is 3.71. The number of aliphatic imine (C=N–C) groups is 1. The maximum atomic E-state index is 12.0. The van der Waals surface area contributed by atoms with Crippen molar-refractivity contribution in [2.45, 2.75) is 76.6 Å². The molecule has 5 aliphatic rings. The fourth-order valence-corrected chi connectivity index (χ4v) is 9.21. The molecule has 7 heteroatoms. The third-order valence-electron chi connectivity index (χ3n) is 10.9. The highest BCUT2D eigenvalue weighted by molar-refractivity contribution is 6.36. The van der Waals surface area contributed by atoms with E-state index in [2.05, 4.69) is 24.9 Å². The summed E-state index contributed by atoms with van der Waals surface area (Å²) in [5, 5.41) is 22.9. The van der Waals surface area contributed by atoms with Crippen LogP contribution in [0.2, 0.25) is 10.0 Å². The fraction of sp³-hybridized carbons (Fsp3) is 0.690. The molecule has 4 aliphatic carbocycles. The van der Waals surface area contributed by atoms with Gasteiger partial charge in [0.15, 0.2) is 5.79 Å². The summed E-state index contributed by atoms with van der Waals surface area (Å²) < 4.78 is 12.1. The maximum absolute atomic E-state index is 12.0. The molecule has 6 unspecified atom stereocenters. The highest BCUT2D eigenvalue weighted by Gasteiger charge is 2.64. The van der Waals surface area contributed by atoms with E-state index in [0.717, 1.165) is 51.4 Å². The van der Waals surface area contributed by atoms with E-state index in [1.807, 2.05) is 0 Å². The molecule has 4 fully saturated rings. The van der Waals surface area contributed by atoms with Crippen molar-refractivity contribution in [2.75, 3.05) is 19.8 Å². The molecule has 1 heterocycles. The Labute approximate surface area is 223 Å². The van der Waals surface area contributed by atoms with Crippen molar-refractivity contribution in [3.05, 3.63) is 39.4 Å². The lowest BCUT2D eigenvalue weighted by Gasteiger charge is -2.59. The Bertz CT molecular complexity index is 1110. The first-order chi connectivity index (χ1) is 17.1. The van der Waals surface area contributed by atoms with Crippen molar-refractivity contribution in [2.24, 2.45) is 33.6 Å².